The number of aromatic nitrogens is 2. The summed E-state index contributed by atoms with van der Waals surface area (Å²) < 4.78 is 10.8. The number of ether oxygens (including phenoxy) is 1. The van der Waals surface area contributed by atoms with Crippen LogP contribution in [0.2, 0.25) is 0 Å². The molecule has 1 aromatic carbocycles. The Labute approximate surface area is 145 Å². The standard InChI is InChI=1S/C18H21N3O2S/c1-4-22-15-7-5-14(6-8-15)18-19-17(23-20-18)12-21(3)11-16-13(2)9-10-24-16/h5-10H,4,11-12H2,1-3H3. The zero-order chi connectivity index (χ0) is 16.9. The van der Waals surface area contributed by atoms with Gasteiger partial charge in [-0.3, -0.25) is 4.90 Å². The highest BCUT2D eigenvalue weighted by molar-refractivity contribution is 7.10. The van der Waals surface area contributed by atoms with Gasteiger partial charge < -0.3 is 9.26 Å². The quantitative estimate of drug-likeness (QED) is 0.645. The number of aryl methyl sites for hydroxylation is 1. The molecule has 0 atom stereocenters. The Morgan fingerprint density at radius 2 is 1.96 bits per heavy atom. The van der Waals surface area contributed by atoms with Gasteiger partial charge in [0.2, 0.25) is 11.7 Å². The molecule has 5 nitrogen and oxygen atoms in total. The van der Waals surface area contributed by atoms with Crippen LogP contribution in [0.15, 0.2) is 40.2 Å². The minimum absolute atomic E-state index is 0.605. The number of rotatable bonds is 7. The van der Waals surface area contributed by atoms with Gasteiger partial charge in [-0.25, -0.2) is 0 Å². The lowest BCUT2D eigenvalue weighted by atomic mass is 10.2. The molecule has 2 heterocycles. The molecule has 0 spiro atoms. The highest BCUT2D eigenvalue weighted by Crippen LogP contribution is 2.21. The SMILES string of the molecule is CCOc1ccc(-c2noc(CN(C)Cc3sccc3C)n2)cc1. The molecule has 3 rings (SSSR count). The largest absolute Gasteiger partial charge is 0.494 e. The monoisotopic (exact) mass is 343 g/mol. The molecule has 0 fully saturated rings. The lowest BCUT2D eigenvalue weighted by Crippen LogP contribution is -2.17. The van der Waals surface area contributed by atoms with E-state index in [4.69, 9.17) is 9.26 Å². The van der Waals surface area contributed by atoms with Crippen molar-refractivity contribution in [3.8, 4) is 17.1 Å². The van der Waals surface area contributed by atoms with E-state index in [0.717, 1.165) is 17.9 Å². The van der Waals surface area contributed by atoms with E-state index >= 15 is 0 Å². The molecule has 0 saturated carbocycles. The molecule has 0 aliphatic heterocycles. The van der Waals surface area contributed by atoms with Crippen LogP contribution < -0.4 is 4.74 Å². The Kier molecular flexibility index (Phi) is 5.27. The van der Waals surface area contributed by atoms with E-state index in [-0.39, 0.29) is 0 Å². The number of benzene rings is 1. The lowest BCUT2D eigenvalue weighted by molar-refractivity contribution is 0.262. The number of hydrogen-bond acceptors (Lipinski definition) is 6. The van der Waals surface area contributed by atoms with Crippen molar-refractivity contribution in [2.45, 2.75) is 26.9 Å². The first-order valence-electron chi connectivity index (χ1n) is 7.93. The highest BCUT2D eigenvalue weighted by atomic mass is 32.1. The van der Waals surface area contributed by atoms with Gasteiger partial charge in [-0.2, -0.15) is 4.98 Å². The van der Waals surface area contributed by atoms with E-state index < -0.39 is 0 Å². The van der Waals surface area contributed by atoms with E-state index in [0.29, 0.717) is 24.9 Å². The van der Waals surface area contributed by atoms with Crippen LogP contribution in [0.1, 0.15) is 23.3 Å². The molecule has 0 bridgehead atoms. The fraction of sp³-hybridized carbons (Fsp3) is 0.333. The van der Waals surface area contributed by atoms with E-state index in [1.807, 2.05) is 31.2 Å². The van der Waals surface area contributed by atoms with Crippen LogP contribution in [0.3, 0.4) is 0 Å². The summed E-state index contributed by atoms with van der Waals surface area (Å²) in [5, 5.41) is 6.20. The van der Waals surface area contributed by atoms with E-state index in [9.17, 15) is 0 Å². The molecule has 0 unspecified atom stereocenters. The Bertz CT molecular complexity index is 780. The molecule has 0 saturated heterocycles. The first-order chi connectivity index (χ1) is 11.7. The van der Waals surface area contributed by atoms with Gasteiger partial charge in [-0.15, -0.1) is 11.3 Å². The van der Waals surface area contributed by atoms with Crippen molar-refractivity contribution in [1.82, 2.24) is 15.0 Å². The first-order valence-corrected chi connectivity index (χ1v) is 8.81. The molecule has 0 radical (unpaired) electrons. The summed E-state index contributed by atoms with van der Waals surface area (Å²) in [6.07, 6.45) is 0. The average Bonchev–Trinajstić information content (AvgIpc) is 3.18. The molecule has 24 heavy (non-hydrogen) atoms. The summed E-state index contributed by atoms with van der Waals surface area (Å²) in [6.45, 7) is 6.26. The molecule has 0 amide bonds. The number of nitrogens with zero attached hydrogens (tertiary/aromatic N) is 3. The summed E-state index contributed by atoms with van der Waals surface area (Å²) in [6, 6.07) is 9.86. The third kappa shape index (κ3) is 4.01. The topological polar surface area (TPSA) is 51.4 Å². The van der Waals surface area contributed by atoms with Crippen LogP contribution >= 0.6 is 11.3 Å². The predicted molar refractivity (Wildman–Crippen MR) is 95.1 cm³/mol. The van der Waals surface area contributed by atoms with Crippen LogP contribution in [0.5, 0.6) is 5.75 Å². The van der Waals surface area contributed by atoms with Crippen molar-refractivity contribution >= 4 is 11.3 Å². The smallest absolute Gasteiger partial charge is 0.241 e. The molecule has 3 aromatic rings. The molecule has 0 aliphatic carbocycles. The molecule has 126 valence electrons. The van der Waals surface area contributed by atoms with Crippen LogP contribution in [0, 0.1) is 6.92 Å². The van der Waals surface area contributed by atoms with Crippen LogP contribution in [-0.4, -0.2) is 28.7 Å². The maximum Gasteiger partial charge on any atom is 0.241 e. The summed E-state index contributed by atoms with van der Waals surface area (Å²) in [7, 11) is 2.06. The Morgan fingerprint density at radius 3 is 2.62 bits per heavy atom. The lowest BCUT2D eigenvalue weighted by Gasteiger charge is -2.13. The van der Waals surface area contributed by atoms with Crippen LogP contribution in [-0.2, 0) is 13.1 Å². The normalized spacial score (nSPS) is 11.2. The van der Waals surface area contributed by atoms with Gasteiger partial charge in [-0.1, -0.05) is 5.16 Å². The zero-order valence-electron chi connectivity index (χ0n) is 14.2. The second-order valence-electron chi connectivity index (χ2n) is 5.67. The minimum atomic E-state index is 0.605. The zero-order valence-corrected chi connectivity index (χ0v) is 15.0. The summed E-state index contributed by atoms with van der Waals surface area (Å²) in [5.74, 6) is 2.07. The third-order valence-corrected chi connectivity index (χ3v) is 4.69. The Hall–Kier alpha value is -2.18. The van der Waals surface area contributed by atoms with Gasteiger partial charge in [0.15, 0.2) is 0 Å². The predicted octanol–water partition coefficient (Wildman–Crippen LogP) is 4.14. The number of hydrogen-bond donors (Lipinski definition) is 0. The van der Waals surface area contributed by atoms with Gasteiger partial charge in [0.25, 0.3) is 0 Å². The van der Waals surface area contributed by atoms with E-state index in [1.165, 1.54) is 10.4 Å². The minimum Gasteiger partial charge on any atom is -0.494 e. The van der Waals surface area contributed by atoms with E-state index in [2.05, 4.69) is 40.5 Å². The van der Waals surface area contributed by atoms with Crippen molar-refractivity contribution in [3.63, 3.8) is 0 Å². The molecule has 2 aromatic heterocycles. The Balaban J connectivity index is 1.63. The van der Waals surface area contributed by atoms with Gasteiger partial charge >= 0.3 is 0 Å². The third-order valence-electron chi connectivity index (χ3n) is 3.68. The second kappa shape index (κ2) is 7.59. The molecule has 0 aliphatic rings. The fourth-order valence-corrected chi connectivity index (χ4v) is 3.39. The van der Waals surface area contributed by atoms with Crippen LogP contribution in [0.25, 0.3) is 11.4 Å². The molecule has 6 heteroatoms. The van der Waals surface area contributed by atoms with Crippen molar-refractivity contribution in [1.29, 1.82) is 0 Å². The maximum atomic E-state index is 5.44. The highest BCUT2D eigenvalue weighted by Gasteiger charge is 2.12. The van der Waals surface area contributed by atoms with Crippen molar-refractivity contribution in [2.75, 3.05) is 13.7 Å². The fourth-order valence-electron chi connectivity index (χ4n) is 2.40. The van der Waals surface area contributed by atoms with E-state index in [1.54, 1.807) is 11.3 Å². The molecular formula is C18H21N3O2S. The van der Waals surface area contributed by atoms with Crippen molar-refractivity contribution in [2.24, 2.45) is 0 Å². The van der Waals surface area contributed by atoms with Gasteiger partial charge in [0.1, 0.15) is 5.75 Å². The van der Waals surface area contributed by atoms with Crippen molar-refractivity contribution < 1.29 is 9.26 Å². The Morgan fingerprint density at radius 1 is 1.17 bits per heavy atom. The number of thiophene rings is 1. The van der Waals surface area contributed by atoms with Gasteiger partial charge in [0, 0.05) is 17.0 Å². The van der Waals surface area contributed by atoms with Gasteiger partial charge in [-0.05, 0) is 62.2 Å². The second-order valence-corrected chi connectivity index (χ2v) is 6.67. The van der Waals surface area contributed by atoms with Crippen molar-refractivity contribution in [3.05, 3.63) is 52.0 Å². The first kappa shape index (κ1) is 16.7. The van der Waals surface area contributed by atoms with Crippen LogP contribution in [0.4, 0.5) is 0 Å². The summed E-state index contributed by atoms with van der Waals surface area (Å²) in [4.78, 5) is 8.03. The molecular weight excluding hydrogens is 322 g/mol. The summed E-state index contributed by atoms with van der Waals surface area (Å²) >= 11 is 1.78. The molecule has 0 N–H and O–H groups in total. The average molecular weight is 343 g/mol. The van der Waals surface area contributed by atoms with Gasteiger partial charge in [0.05, 0.1) is 13.2 Å². The summed E-state index contributed by atoms with van der Waals surface area (Å²) in [5.41, 5.74) is 2.25. The maximum absolute atomic E-state index is 5.44.